The average molecular weight is 329 g/mol. The van der Waals surface area contributed by atoms with Crippen molar-refractivity contribution in [2.75, 3.05) is 26.3 Å². The third-order valence-corrected chi connectivity index (χ3v) is 3.34. The van der Waals surface area contributed by atoms with E-state index in [1.54, 1.807) is 11.8 Å². The predicted octanol–water partition coefficient (Wildman–Crippen LogP) is 4.34. The Balaban J connectivity index is 1.80. The van der Waals surface area contributed by atoms with Crippen molar-refractivity contribution < 1.29 is 19.0 Å². The molecule has 24 heavy (non-hydrogen) atoms. The monoisotopic (exact) mass is 329 g/mol. The van der Waals surface area contributed by atoms with Gasteiger partial charge in [0.05, 0.1) is 13.2 Å². The third kappa shape index (κ3) is 5.50. The SMILES string of the molecule is CCOC(=O)N(CC)CCOc1ccc(Oc2ccccc2)cc1. The highest BCUT2D eigenvalue weighted by atomic mass is 16.6. The van der Waals surface area contributed by atoms with E-state index in [9.17, 15) is 4.79 Å². The highest BCUT2D eigenvalue weighted by molar-refractivity contribution is 5.67. The Labute approximate surface area is 142 Å². The van der Waals surface area contributed by atoms with Crippen molar-refractivity contribution >= 4 is 6.09 Å². The van der Waals surface area contributed by atoms with Crippen LogP contribution in [0.2, 0.25) is 0 Å². The smallest absolute Gasteiger partial charge is 0.409 e. The number of nitrogens with zero attached hydrogens (tertiary/aromatic N) is 1. The zero-order chi connectivity index (χ0) is 17.2. The van der Waals surface area contributed by atoms with Crippen LogP contribution in [-0.4, -0.2) is 37.3 Å². The molecule has 0 aliphatic carbocycles. The number of para-hydroxylation sites is 1. The summed E-state index contributed by atoms with van der Waals surface area (Å²) in [7, 11) is 0. The maximum absolute atomic E-state index is 11.7. The van der Waals surface area contributed by atoms with Crippen molar-refractivity contribution in [2.24, 2.45) is 0 Å². The first kappa shape index (κ1) is 17.7. The Kier molecular flexibility index (Phi) is 6.95. The zero-order valence-electron chi connectivity index (χ0n) is 14.1. The van der Waals surface area contributed by atoms with E-state index >= 15 is 0 Å². The van der Waals surface area contributed by atoms with Crippen LogP contribution in [0.15, 0.2) is 54.6 Å². The van der Waals surface area contributed by atoms with Crippen LogP contribution < -0.4 is 9.47 Å². The molecule has 0 spiro atoms. The van der Waals surface area contributed by atoms with Crippen molar-refractivity contribution in [1.29, 1.82) is 0 Å². The van der Waals surface area contributed by atoms with E-state index in [0.717, 1.165) is 17.2 Å². The van der Waals surface area contributed by atoms with E-state index in [1.165, 1.54) is 0 Å². The fraction of sp³-hybridized carbons (Fsp3) is 0.316. The van der Waals surface area contributed by atoms with Gasteiger partial charge in [0.25, 0.3) is 0 Å². The van der Waals surface area contributed by atoms with Gasteiger partial charge < -0.3 is 19.1 Å². The van der Waals surface area contributed by atoms with Crippen molar-refractivity contribution in [3.05, 3.63) is 54.6 Å². The molecule has 1 amide bonds. The first-order valence-electron chi connectivity index (χ1n) is 8.10. The largest absolute Gasteiger partial charge is 0.492 e. The molecular weight excluding hydrogens is 306 g/mol. The number of carbonyl (C=O) groups excluding carboxylic acids is 1. The Hall–Kier alpha value is -2.69. The topological polar surface area (TPSA) is 48.0 Å². The quantitative estimate of drug-likeness (QED) is 0.723. The van der Waals surface area contributed by atoms with E-state index in [4.69, 9.17) is 14.2 Å². The second-order valence-corrected chi connectivity index (χ2v) is 5.01. The molecule has 0 aliphatic heterocycles. The molecule has 2 aromatic carbocycles. The number of rotatable bonds is 8. The summed E-state index contributed by atoms with van der Waals surface area (Å²) in [6, 6.07) is 17.0. The summed E-state index contributed by atoms with van der Waals surface area (Å²) in [5.74, 6) is 2.27. The van der Waals surface area contributed by atoms with Crippen LogP contribution in [0.25, 0.3) is 0 Å². The summed E-state index contributed by atoms with van der Waals surface area (Å²) < 4.78 is 16.4. The van der Waals surface area contributed by atoms with E-state index in [2.05, 4.69) is 0 Å². The Morgan fingerprint density at radius 2 is 1.54 bits per heavy atom. The molecule has 0 bridgehead atoms. The maximum atomic E-state index is 11.7. The lowest BCUT2D eigenvalue weighted by Gasteiger charge is -2.20. The summed E-state index contributed by atoms with van der Waals surface area (Å²) in [6.07, 6.45) is -0.310. The van der Waals surface area contributed by atoms with Crippen LogP contribution in [0, 0.1) is 0 Å². The number of hydrogen-bond acceptors (Lipinski definition) is 4. The molecule has 0 saturated carbocycles. The molecule has 2 aromatic rings. The highest BCUT2D eigenvalue weighted by Gasteiger charge is 2.11. The van der Waals surface area contributed by atoms with Gasteiger partial charge in [-0.05, 0) is 50.2 Å². The molecule has 2 rings (SSSR count). The van der Waals surface area contributed by atoms with Gasteiger partial charge in [-0.25, -0.2) is 4.79 Å². The zero-order valence-corrected chi connectivity index (χ0v) is 14.1. The van der Waals surface area contributed by atoms with Crippen molar-refractivity contribution in [3.63, 3.8) is 0 Å². The summed E-state index contributed by atoms with van der Waals surface area (Å²) in [5, 5.41) is 0. The molecule has 0 aromatic heterocycles. The molecule has 128 valence electrons. The minimum Gasteiger partial charge on any atom is -0.492 e. The van der Waals surface area contributed by atoms with Crippen LogP contribution in [0.1, 0.15) is 13.8 Å². The first-order chi connectivity index (χ1) is 11.7. The van der Waals surface area contributed by atoms with E-state index in [-0.39, 0.29) is 6.09 Å². The number of likely N-dealkylation sites (N-methyl/N-ethyl adjacent to an activating group) is 1. The van der Waals surface area contributed by atoms with Crippen molar-refractivity contribution in [2.45, 2.75) is 13.8 Å². The molecule has 0 unspecified atom stereocenters. The van der Waals surface area contributed by atoms with Crippen LogP contribution in [-0.2, 0) is 4.74 Å². The van der Waals surface area contributed by atoms with Gasteiger partial charge in [-0.15, -0.1) is 0 Å². The average Bonchev–Trinajstić information content (AvgIpc) is 2.61. The normalized spacial score (nSPS) is 10.1. The molecule has 0 heterocycles. The van der Waals surface area contributed by atoms with Gasteiger partial charge in [-0.1, -0.05) is 18.2 Å². The van der Waals surface area contributed by atoms with Gasteiger partial charge in [0.15, 0.2) is 0 Å². The summed E-state index contributed by atoms with van der Waals surface area (Å²) in [6.45, 7) is 5.56. The predicted molar refractivity (Wildman–Crippen MR) is 92.7 cm³/mol. The number of amides is 1. The van der Waals surface area contributed by atoms with Crippen LogP contribution >= 0.6 is 0 Å². The van der Waals surface area contributed by atoms with E-state index < -0.39 is 0 Å². The summed E-state index contributed by atoms with van der Waals surface area (Å²) in [4.78, 5) is 13.3. The minimum atomic E-state index is -0.310. The lowest BCUT2D eigenvalue weighted by atomic mass is 10.3. The van der Waals surface area contributed by atoms with Gasteiger partial charge in [-0.3, -0.25) is 0 Å². The lowest BCUT2D eigenvalue weighted by Crippen LogP contribution is -2.34. The molecule has 5 heteroatoms. The number of ether oxygens (including phenoxy) is 3. The van der Waals surface area contributed by atoms with E-state index in [1.807, 2.05) is 61.5 Å². The summed E-state index contributed by atoms with van der Waals surface area (Å²) >= 11 is 0. The van der Waals surface area contributed by atoms with Crippen molar-refractivity contribution in [1.82, 2.24) is 4.90 Å². The second-order valence-electron chi connectivity index (χ2n) is 5.01. The van der Waals surface area contributed by atoms with Crippen LogP contribution in [0.5, 0.6) is 17.2 Å². The molecule has 0 fully saturated rings. The van der Waals surface area contributed by atoms with E-state index in [0.29, 0.717) is 26.3 Å². The first-order valence-corrected chi connectivity index (χ1v) is 8.10. The van der Waals surface area contributed by atoms with Crippen LogP contribution in [0.3, 0.4) is 0 Å². The number of benzene rings is 2. The molecule has 0 N–H and O–H groups in total. The fourth-order valence-electron chi connectivity index (χ4n) is 2.10. The molecule has 0 radical (unpaired) electrons. The van der Waals surface area contributed by atoms with Gasteiger partial charge in [0, 0.05) is 6.54 Å². The van der Waals surface area contributed by atoms with Gasteiger partial charge in [0.1, 0.15) is 23.9 Å². The number of hydrogen-bond donors (Lipinski definition) is 0. The molecule has 5 nitrogen and oxygen atoms in total. The number of carbonyl (C=O) groups is 1. The standard InChI is InChI=1S/C19H23NO4/c1-3-20(19(21)22-4-2)14-15-23-16-10-12-18(13-11-16)24-17-8-6-5-7-9-17/h5-13H,3-4,14-15H2,1-2H3. The molecule has 0 atom stereocenters. The molecule has 0 saturated heterocycles. The van der Waals surface area contributed by atoms with Gasteiger partial charge in [-0.2, -0.15) is 0 Å². The van der Waals surface area contributed by atoms with Crippen molar-refractivity contribution in [3.8, 4) is 17.2 Å². The van der Waals surface area contributed by atoms with Gasteiger partial charge in [0.2, 0.25) is 0 Å². The minimum absolute atomic E-state index is 0.310. The lowest BCUT2D eigenvalue weighted by molar-refractivity contribution is 0.103. The Morgan fingerprint density at radius 1 is 0.917 bits per heavy atom. The van der Waals surface area contributed by atoms with Gasteiger partial charge >= 0.3 is 6.09 Å². The molecular formula is C19H23NO4. The van der Waals surface area contributed by atoms with Crippen LogP contribution in [0.4, 0.5) is 4.79 Å². The second kappa shape index (κ2) is 9.45. The fourth-order valence-corrected chi connectivity index (χ4v) is 2.10. The Bertz CT molecular complexity index is 613. The third-order valence-electron chi connectivity index (χ3n) is 3.34. The molecule has 0 aliphatic rings. The highest BCUT2D eigenvalue weighted by Crippen LogP contribution is 2.23. The summed E-state index contributed by atoms with van der Waals surface area (Å²) in [5.41, 5.74) is 0. The maximum Gasteiger partial charge on any atom is 0.409 e. The Morgan fingerprint density at radius 3 is 2.17 bits per heavy atom.